The van der Waals surface area contributed by atoms with Gasteiger partial charge in [-0.2, -0.15) is 9.36 Å². The maximum atomic E-state index is 12.2. The van der Waals surface area contributed by atoms with Gasteiger partial charge in [-0.1, -0.05) is 23.7 Å². The monoisotopic (exact) mass is 325 g/mol. The third-order valence-electron chi connectivity index (χ3n) is 2.84. The Morgan fingerprint density at radius 3 is 2.82 bits per heavy atom. The minimum Gasteiger partial charge on any atom is -0.383 e. The molecule has 1 aromatic carbocycles. The lowest BCUT2D eigenvalue weighted by Gasteiger charge is -2.11. The van der Waals surface area contributed by atoms with E-state index in [0.717, 1.165) is 9.36 Å². The first kappa shape index (κ1) is 16.2. The Bertz CT molecular complexity index is 712. The molecule has 0 aliphatic heterocycles. The number of amides is 1. The molecule has 1 amide bonds. The minimum atomic E-state index is -0.539. The number of halogens is 1. The number of tetrazole rings is 1. The molecule has 0 radical (unpaired) electrons. The summed E-state index contributed by atoms with van der Waals surface area (Å²) in [5.41, 5.74) is -0.128. The van der Waals surface area contributed by atoms with Crippen molar-refractivity contribution in [3.63, 3.8) is 0 Å². The van der Waals surface area contributed by atoms with Crippen molar-refractivity contribution < 1.29 is 9.53 Å². The first-order valence-corrected chi connectivity index (χ1v) is 6.96. The molecule has 0 bridgehead atoms. The van der Waals surface area contributed by atoms with E-state index in [4.69, 9.17) is 16.3 Å². The number of para-hydroxylation sites is 1. The van der Waals surface area contributed by atoms with E-state index in [-0.39, 0.29) is 18.5 Å². The lowest BCUT2D eigenvalue weighted by atomic mass is 10.3. The fourth-order valence-electron chi connectivity index (χ4n) is 1.90. The van der Waals surface area contributed by atoms with Crippen LogP contribution in [-0.4, -0.2) is 45.5 Å². The Labute approximate surface area is 131 Å². The smallest absolute Gasteiger partial charge is 0.369 e. The molecule has 2 rings (SSSR count). The maximum Gasteiger partial charge on any atom is 0.369 e. The van der Waals surface area contributed by atoms with Crippen LogP contribution in [0.1, 0.15) is 6.92 Å². The molecule has 0 spiro atoms. The molecule has 0 fully saturated rings. The van der Waals surface area contributed by atoms with Gasteiger partial charge in [0.2, 0.25) is 5.91 Å². The molecule has 1 heterocycles. The van der Waals surface area contributed by atoms with Gasteiger partial charge < -0.3 is 10.1 Å². The zero-order chi connectivity index (χ0) is 16.1. The second kappa shape index (κ2) is 7.19. The second-order valence-corrected chi connectivity index (χ2v) is 5.11. The standard InChI is InChI=1S/C13H16ClN5O3/c1-9(8-22-2)15-12(20)7-18-13(21)19(17-16-18)11-6-4-3-5-10(11)14/h3-6,9H,7-8H2,1-2H3,(H,15,20). The normalized spacial score (nSPS) is 12.1. The molecule has 118 valence electrons. The molecule has 1 unspecified atom stereocenters. The fourth-order valence-corrected chi connectivity index (χ4v) is 2.11. The summed E-state index contributed by atoms with van der Waals surface area (Å²) in [7, 11) is 1.54. The largest absolute Gasteiger partial charge is 0.383 e. The van der Waals surface area contributed by atoms with Crippen LogP contribution in [0, 0.1) is 0 Å². The van der Waals surface area contributed by atoms with Gasteiger partial charge in [-0.3, -0.25) is 4.79 Å². The van der Waals surface area contributed by atoms with Crippen molar-refractivity contribution in [2.45, 2.75) is 19.5 Å². The first-order valence-electron chi connectivity index (χ1n) is 6.59. The Hall–Kier alpha value is -2.19. The number of nitrogens with one attached hydrogen (secondary N) is 1. The maximum absolute atomic E-state index is 12.2. The van der Waals surface area contributed by atoms with Gasteiger partial charge in [-0.15, -0.1) is 0 Å². The van der Waals surface area contributed by atoms with E-state index in [1.807, 2.05) is 0 Å². The predicted octanol–water partition coefficient (Wildman–Crippen LogP) is 0.234. The zero-order valence-corrected chi connectivity index (χ0v) is 12.9. The van der Waals surface area contributed by atoms with Gasteiger partial charge in [0.05, 0.1) is 17.3 Å². The van der Waals surface area contributed by atoms with Crippen LogP contribution in [0.15, 0.2) is 29.1 Å². The third-order valence-corrected chi connectivity index (χ3v) is 3.16. The number of nitrogens with zero attached hydrogens (tertiary/aromatic N) is 4. The highest BCUT2D eigenvalue weighted by atomic mass is 35.5. The molecule has 0 aliphatic carbocycles. The van der Waals surface area contributed by atoms with Crippen LogP contribution >= 0.6 is 11.6 Å². The van der Waals surface area contributed by atoms with E-state index in [9.17, 15) is 9.59 Å². The van der Waals surface area contributed by atoms with Crippen molar-refractivity contribution >= 4 is 17.5 Å². The summed E-state index contributed by atoms with van der Waals surface area (Å²) in [6.07, 6.45) is 0. The topological polar surface area (TPSA) is 91.0 Å². The van der Waals surface area contributed by atoms with Gasteiger partial charge in [-0.25, -0.2) is 4.79 Å². The molecule has 0 saturated heterocycles. The molecule has 0 aliphatic rings. The molecule has 1 aromatic heterocycles. The van der Waals surface area contributed by atoms with Crippen LogP contribution in [0.2, 0.25) is 5.02 Å². The Morgan fingerprint density at radius 1 is 1.41 bits per heavy atom. The van der Waals surface area contributed by atoms with Crippen molar-refractivity contribution in [2.24, 2.45) is 0 Å². The number of methoxy groups -OCH3 is 1. The molecule has 0 saturated carbocycles. The number of carbonyl (C=O) groups is 1. The predicted molar refractivity (Wildman–Crippen MR) is 80.1 cm³/mol. The van der Waals surface area contributed by atoms with Crippen LogP contribution in [0.5, 0.6) is 0 Å². The van der Waals surface area contributed by atoms with Crippen LogP contribution in [-0.2, 0) is 16.1 Å². The zero-order valence-electron chi connectivity index (χ0n) is 12.2. The van der Waals surface area contributed by atoms with E-state index in [1.165, 1.54) is 0 Å². The summed E-state index contributed by atoms with van der Waals surface area (Å²) < 4.78 is 6.94. The number of carbonyl (C=O) groups excluding carboxylic acids is 1. The summed E-state index contributed by atoms with van der Waals surface area (Å²) in [5, 5.41) is 10.5. The third kappa shape index (κ3) is 3.71. The Kier molecular flexibility index (Phi) is 5.29. The van der Waals surface area contributed by atoms with Crippen molar-refractivity contribution in [1.29, 1.82) is 0 Å². The molecule has 1 N–H and O–H groups in total. The van der Waals surface area contributed by atoms with Crippen molar-refractivity contribution in [2.75, 3.05) is 13.7 Å². The highest BCUT2D eigenvalue weighted by Crippen LogP contribution is 2.16. The summed E-state index contributed by atoms with van der Waals surface area (Å²) in [6.45, 7) is 1.95. The fraction of sp³-hybridized carbons (Fsp3) is 0.385. The molecule has 8 nitrogen and oxygen atoms in total. The van der Waals surface area contributed by atoms with E-state index in [2.05, 4.69) is 15.7 Å². The van der Waals surface area contributed by atoms with Crippen LogP contribution in [0.3, 0.4) is 0 Å². The van der Waals surface area contributed by atoms with Gasteiger partial charge in [0.15, 0.2) is 0 Å². The van der Waals surface area contributed by atoms with E-state index in [0.29, 0.717) is 17.3 Å². The van der Waals surface area contributed by atoms with Crippen molar-refractivity contribution in [1.82, 2.24) is 25.1 Å². The molecule has 1 atom stereocenters. The van der Waals surface area contributed by atoms with Crippen LogP contribution < -0.4 is 11.0 Å². The second-order valence-electron chi connectivity index (χ2n) is 4.71. The van der Waals surface area contributed by atoms with Gasteiger partial charge in [0.1, 0.15) is 6.54 Å². The Balaban J connectivity index is 2.14. The summed E-state index contributed by atoms with van der Waals surface area (Å²) >= 11 is 6.02. The van der Waals surface area contributed by atoms with Crippen LogP contribution in [0.25, 0.3) is 5.69 Å². The number of ether oxygens (including phenoxy) is 1. The molecule has 9 heteroatoms. The summed E-state index contributed by atoms with van der Waals surface area (Å²) in [5.74, 6) is -0.349. The number of benzene rings is 1. The quantitative estimate of drug-likeness (QED) is 0.821. The highest BCUT2D eigenvalue weighted by Gasteiger charge is 2.15. The lowest BCUT2D eigenvalue weighted by Crippen LogP contribution is -2.39. The summed E-state index contributed by atoms with van der Waals surface area (Å²) in [4.78, 5) is 24.0. The van der Waals surface area contributed by atoms with Gasteiger partial charge in [0, 0.05) is 13.2 Å². The van der Waals surface area contributed by atoms with E-state index < -0.39 is 5.69 Å². The van der Waals surface area contributed by atoms with Crippen LogP contribution in [0.4, 0.5) is 0 Å². The molecule has 2 aromatic rings. The van der Waals surface area contributed by atoms with Gasteiger partial charge >= 0.3 is 5.69 Å². The first-order chi connectivity index (χ1) is 10.5. The molecule has 22 heavy (non-hydrogen) atoms. The van der Waals surface area contributed by atoms with Crippen molar-refractivity contribution in [3.8, 4) is 5.69 Å². The molecular formula is C13H16ClN5O3. The van der Waals surface area contributed by atoms with E-state index in [1.54, 1.807) is 38.3 Å². The van der Waals surface area contributed by atoms with Gasteiger partial charge in [0.25, 0.3) is 0 Å². The number of aromatic nitrogens is 4. The Morgan fingerprint density at radius 2 is 2.14 bits per heavy atom. The highest BCUT2D eigenvalue weighted by molar-refractivity contribution is 6.32. The molecular weight excluding hydrogens is 310 g/mol. The van der Waals surface area contributed by atoms with E-state index >= 15 is 0 Å². The van der Waals surface area contributed by atoms with Crippen molar-refractivity contribution in [3.05, 3.63) is 39.8 Å². The van der Waals surface area contributed by atoms with Gasteiger partial charge in [-0.05, 0) is 29.5 Å². The number of hydrogen-bond acceptors (Lipinski definition) is 5. The minimum absolute atomic E-state index is 0.160. The average molecular weight is 326 g/mol. The average Bonchev–Trinajstić information content (AvgIpc) is 2.81. The number of hydrogen-bond donors (Lipinski definition) is 1. The summed E-state index contributed by atoms with van der Waals surface area (Å²) in [6, 6.07) is 6.59. The SMILES string of the molecule is COCC(C)NC(=O)Cn1nnn(-c2ccccc2Cl)c1=O. The number of rotatable bonds is 6. The lowest BCUT2D eigenvalue weighted by molar-refractivity contribution is -0.122.